The minimum atomic E-state index is 0.119. The van der Waals surface area contributed by atoms with Gasteiger partial charge in [-0.15, -0.1) is 0 Å². The van der Waals surface area contributed by atoms with E-state index in [0.29, 0.717) is 22.6 Å². The molecule has 0 aliphatic rings. The Balaban J connectivity index is 2.06. The number of phenols is 1. The van der Waals surface area contributed by atoms with Crippen molar-refractivity contribution in [1.82, 2.24) is 14.4 Å². The van der Waals surface area contributed by atoms with Crippen molar-refractivity contribution in [3.8, 4) is 34.1 Å². The number of benzene rings is 1. The van der Waals surface area contributed by atoms with Crippen LogP contribution in [0.1, 0.15) is 5.56 Å². The number of nitrogens with zero attached hydrogens (tertiary/aromatic N) is 3. The lowest BCUT2D eigenvalue weighted by atomic mass is 10.1. The number of phenolic OH excluding ortho intramolecular Hbond substituents is 1. The van der Waals surface area contributed by atoms with Gasteiger partial charge in [0, 0.05) is 18.6 Å². The van der Waals surface area contributed by atoms with Crippen molar-refractivity contribution >= 4 is 5.52 Å². The Hall–Kier alpha value is -3.34. The molecular weight excluding hydrogens is 302 g/mol. The Labute approximate surface area is 138 Å². The van der Waals surface area contributed by atoms with Crippen molar-refractivity contribution in [3.63, 3.8) is 0 Å². The van der Waals surface area contributed by atoms with Crippen LogP contribution in [0.15, 0.2) is 61.1 Å². The minimum absolute atomic E-state index is 0.119. The smallest absolute Gasteiger partial charge is 0.149 e. The quantitative estimate of drug-likeness (QED) is 0.590. The van der Waals surface area contributed by atoms with Crippen LogP contribution in [0.3, 0.4) is 0 Å². The number of rotatable bonds is 2. The molecule has 0 amide bonds. The fraction of sp³-hybridized carbons (Fsp3) is 0.0526. The zero-order valence-corrected chi connectivity index (χ0v) is 13.0. The molecule has 1 aromatic carbocycles. The van der Waals surface area contributed by atoms with E-state index in [1.54, 1.807) is 6.20 Å². The monoisotopic (exact) mass is 317 g/mol. The molecular formula is C19H15N3O2. The van der Waals surface area contributed by atoms with Crippen LogP contribution in [0.4, 0.5) is 0 Å². The number of aromatic nitrogens is 3. The molecule has 0 spiro atoms. The molecule has 2 N–H and O–H groups in total. The van der Waals surface area contributed by atoms with Crippen LogP contribution in [-0.2, 0) is 0 Å². The first-order chi connectivity index (χ1) is 11.7. The highest BCUT2D eigenvalue weighted by Gasteiger charge is 2.18. The molecule has 3 heterocycles. The second-order valence-electron chi connectivity index (χ2n) is 5.60. The highest BCUT2D eigenvalue weighted by atomic mass is 16.3. The zero-order valence-electron chi connectivity index (χ0n) is 13.0. The lowest BCUT2D eigenvalue weighted by molar-refractivity contribution is 0.472. The molecule has 3 aromatic heterocycles. The Morgan fingerprint density at radius 3 is 2.67 bits per heavy atom. The average Bonchev–Trinajstić information content (AvgIpc) is 2.97. The van der Waals surface area contributed by atoms with E-state index in [-0.39, 0.29) is 11.5 Å². The molecule has 5 nitrogen and oxygen atoms in total. The van der Waals surface area contributed by atoms with Gasteiger partial charge in [0.1, 0.15) is 23.0 Å². The Morgan fingerprint density at radius 2 is 1.83 bits per heavy atom. The molecule has 4 rings (SSSR count). The third-order valence-electron chi connectivity index (χ3n) is 4.08. The van der Waals surface area contributed by atoms with E-state index in [9.17, 15) is 10.2 Å². The predicted molar refractivity (Wildman–Crippen MR) is 91.9 cm³/mol. The van der Waals surface area contributed by atoms with Gasteiger partial charge >= 0.3 is 0 Å². The van der Waals surface area contributed by atoms with Crippen molar-refractivity contribution in [3.05, 3.63) is 66.6 Å². The lowest BCUT2D eigenvalue weighted by Gasteiger charge is -2.06. The maximum atomic E-state index is 10.4. The van der Waals surface area contributed by atoms with Gasteiger partial charge in [0.2, 0.25) is 0 Å². The van der Waals surface area contributed by atoms with Gasteiger partial charge in [0.25, 0.3) is 0 Å². The Kier molecular flexibility index (Phi) is 3.20. The van der Waals surface area contributed by atoms with E-state index < -0.39 is 0 Å². The second kappa shape index (κ2) is 5.38. The van der Waals surface area contributed by atoms with Crippen LogP contribution in [0.5, 0.6) is 11.5 Å². The molecule has 0 aliphatic carbocycles. The highest BCUT2D eigenvalue weighted by Crippen LogP contribution is 2.37. The first-order valence-corrected chi connectivity index (χ1v) is 7.56. The normalized spacial score (nSPS) is 11.0. The van der Waals surface area contributed by atoms with Crippen LogP contribution >= 0.6 is 0 Å². The molecule has 0 aliphatic heterocycles. The summed E-state index contributed by atoms with van der Waals surface area (Å²) >= 11 is 0. The first-order valence-electron chi connectivity index (χ1n) is 7.56. The molecule has 0 fully saturated rings. The third-order valence-corrected chi connectivity index (χ3v) is 4.08. The van der Waals surface area contributed by atoms with Crippen molar-refractivity contribution in [2.45, 2.75) is 6.92 Å². The number of aryl methyl sites for hydroxylation is 1. The zero-order chi connectivity index (χ0) is 16.7. The molecule has 0 saturated heterocycles. The third kappa shape index (κ3) is 2.10. The average molecular weight is 317 g/mol. The number of hydrogen-bond acceptors (Lipinski definition) is 4. The molecule has 0 bridgehead atoms. The molecule has 4 aromatic rings. The van der Waals surface area contributed by atoms with E-state index in [1.807, 2.05) is 53.9 Å². The van der Waals surface area contributed by atoms with Crippen LogP contribution in [0.2, 0.25) is 0 Å². The van der Waals surface area contributed by atoms with Gasteiger partial charge in [-0.1, -0.05) is 18.2 Å². The van der Waals surface area contributed by atoms with Gasteiger partial charge in [-0.05, 0) is 36.8 Å². The molecule has 5 heteroatoms. The van der Waals surface area contributed by atoms with Crippen molar-refractivity contribution in [1.29, 1.82) is 0 Å². The maximum absolute atomic E-state index is 10.4. The molecule has 0 atom stereocenters. The van der Waals surface area contributed by atoms with Gasteiger partial charge < -0.3 is 10.2 Å². The number of para-hydroxylation sites is 1. The molecule has 118 valence electrons. The van der Waals surface area contributed by atoms with Gasteiger partial charge in [-0.25, -0.2) is 4.98 Å². The van der Waals surface area contributed by atoms with E-state index in [1.165, 1.54) is 12.3 Å². The van der Waals surface area contributed by atoms with Gasteiger partial charge in [0.05, 0.1) is 16.6 Å². The van der Waals surface area contributed by atoms with Crippen molar-refractivity contribution in [2.24, 2.45) is 0 Å². The second-order valence-corrected chi connectivity index (χ2v) is 5.60. The summed E-state index contributed by atoms with van der Waals surface area (Å²) in [5.74, 6) is 0.939. The van der Waals surface area contributed by atoms with Crippen LogP contribution in [-0.4, -0.2) is 24.6 Å². The maximum Gasteiger partial charge on any atom is 0.149 e. The number of fused-ring (bicyclic) bond motifs is 1. The number of aromatic hydroxyl groups is 2. The number of pyridine rings is 2. The fourth-order valence-electron chi connectivity index (χ4n) is 2.83. The summed E-state index contributed by atoms with van der Waals surface area (Å²) in [5, 5.41) is 20.6. The van der Waals surface area contributed by atoms with E-state index in [4.69, 9.17) is 4.98 Å². The molecule has 0 saturated carbocycles. The van der Waals surface area contributed by atoms with E-state index in [0.717, 1.165) is 11.1 Å². The van der Waals surface area contributed by atoms with Crippen molar-refractivity contribution < 1.29 is 10.2 Å². The molecule has 24 heavy (non-hydrogen) atoms. The van der Waals surface area contributed by atoms with E-state index >= 15 is 0 Å². The van der Waals surface area contributed by atoms with Crippen LogP contribution in [0.25, 0.3) is 28.2 Å². The summed E-state index contributed by atoms with van der Waals surface area (Å²) in [6.45, 7) is 1.85. The fourth-order valence-corrected chi connectivity index (χ4v) is 2.83. The van der Waals surface area contributed by atoms with Gasteiger partial charge in [-0.2, -0.15) is 0 Å². The molecule has 0 radical (unpaired) electrons. The van der Waals surface area contributed by atoms with Crippen LogP contribution in [0, 0.1) is 6.92 Å². The Morgan fingerprint density at radius 1 is 0.958 bits per heavy atom. The highest BCUT2D eigenvalue weighted by molar-refractivity contribution is 5.84. The SMILES string of the molecule is Cc1cccc(-c2nc(-c3cnccc3O)c3ccccn23)c1O. The number of hydrogen-bond donors (Lipinski definition) is 2. The topological polar surface area (TPSA) is 70.7 Å². The van der Waals surface area contributed by atoms with Gasteiger partial charge in [-0.3, -0.25) is 9.38 Å². The van der Waals surface area contributed by atoms with Crippen LogP contribution < -0.4 is 0 Å². The summed E-state index contributed by atoms with van der Waals surface area (Å²) in [5.41, 5.74) is 3.44. The number of imidazole rings is 1. The summed E-state index contributed by atoms with van der Waals surface area (Å²) in [6, 6.07) is 12.8. The molecule has 0 unspecified atom stereocenters. The first kappa shape index (κ1) is 14.3. The Bertz CT molecular complexity index is 1050. The van der Waals surface area contributed by atoms with E-state index in [2.05, 4.69) is 4.98 Å². The standard InChI is InChI=1S/C19H15N3O2/c1-12-5-4-6-13(18(12)24)19-21-17(14-11-20-9-8-16(14)23)15-7-2-3-10-22(15)19/h2-11,24H,1H3,(H,20,23). The van der Waals surface area contributed by atoms with Crippen molar-refractivity contribution in [2.75, 3.05) is 0 Å². The summed E-state index contributed by atoms with van der Waals surface area (Å²) in [4.78, 5) is 8.78. The predicted octanol–water partition coefficient (Wildman–Crippen LogP) is 3.78. The minimum Gasteiger partial charge on any atom is -0.507 e. The summed E-state index contributed by atoms with van der Waals surface area (Å²) < 4.78 is 1.90. The largest absolute Gasteiger partial charge is 0.507 e. The lowest BCUT2D eigenvalue weighted by Crippen LogP contribution is -1.90. The summed E-state index contributed by atoms with van der Waals surface area (Å²) in [6.07, 6.45) is 5.01. The summed E-state index contributed by atoms with van der Waals surface area (Å²) in [7, 11) is 0. The van der Waals surface area contributed by atoms with Gasteiger partial charge in [0.15, 0.2) is 0 Å².